The molecule has 0 aliphatic carbocycles. The predicted molar refractivity (Wildman–Crippen MR) is 87.7 cm³/mol. The van der Waals surface area contributed by atoms with Crippen LogP contribution in [0.3, 0.4) is 0 Å². The third-order valence-electron chi connectivity index (χ3n) is 3.84. The summed E-state index contributed by atoms with van der Waals surface area (Å²) in [7, 11) is 0. The first-order valence-electron chi connectivity index (χ1n) is 7.19. The number of benzene rings is 2. The van der Waals surface area contributed by atoms with Crippen LogP contribution in [0.15, 0.2) is 42.5 Å². The van der Waals surface area contributed by atoms with Crippen LogP contribution in [0, 0.1) is 0 Å². The molecule has 3 N–H and O–H groups in total. The Balaban J connectivity index is 2.65. The second-order valence-corrected chi connectivity index (χ2v) is 5.42. The summed E-state index contributed by atoms with van der Waals surface area (Å²) in [6.07, 6.45) is 0.0579. The molecule has 0 fully saturated rings. The Morgan fingerprint density at radius 1 is 1.08 bits per heavy atom. The number of ether oxygens (including phenoxy) is 1. The Morgan fingerprint density at radius 2 is 1.72 bits per heavy atom. The fourth-order valence-corrected chi connectivity index (χ4v) is 2.59. The van der Waals surface area contributed by atoms with Crippen LogP contribution in [-0.2, 0) is 10.3 Å². The average Bonchev–Trinajstić information content (AvgIpc) is 2.60. The van der Waals surface area contributed by atoms with Crippen LogP contribution in [-0.4, -0.2) is 29.7 Å². The number of rotatable bonds is 6. The maximum absolute atomic E-state index is 11.4. The third kappa shape index (κ3) is 3.55. The Labute approximate surface area is 143 Å². The largest absolute Gasteiger partial charge is 0.478 e. The Kier molecular flexibility index (Phi) is 4.97. The monoisotopic (exact) mass is 341 g/mol. The molecule has 1 atom stereocenters. The summed E-state index contributed by atoms with van der Waals surface area (Å²) in [5, 5.41) is 9.00. The molecular formula is C18H15NO6. The van der Waals surface area contributed by atoms with Crippen molar-refractivity contribution in [3.8, 4) is 0 Å². The van der Waals surface area contributed by atoms with E-state index in [1.165, 1.54) is 49.4 Å². The van der Waals surface area contributed by atoms with Crippen LogP contribution in [0.5, 0.6) is 0 Å². The quantitative estimate of drug-likeness (QED) is 0.777. The van der Waals surface area contributed by atoms with Gasteiger partial charge in [-0.25, -0.2) is 9.59 Å². The molecule has 0 spiro atoms. The first kappa shape index (κ1) is 17.9. The molecule has 1 unspecified atom stereocenters. The van der Waals surface area contributed by atoms with E-state index in [1.54, 1.807) is 0 Å². The molecule has 128 valence electrons. The van der Waals surface area contributed by atoms with Gasteiger partial charge in [0.15, 0.2) is 11.9 Å². The van der Waals surface area contributed by atoms with Crippen molar-refractivity contribution in [3.05, 3.63) is 70.3 Å². The van der Waals surface area contributed by atoms with Crippen molar-refractivity contribution in [2.75, 3.05) is 0 Å². The summed E-state index contributed by atoms with van der Waals surface area (Å²) in [6, 6.07) is 9.96. The van der Waals surface area contributed by atoms with E-state index in [4.69, 9.17) is 15.6 Å². The van der Waals surface area contributed by atoms with E-state index in [0.29, 0.717) is 23.7 Å². The van der Waals surface area contributed by atoms with Gasteiger partial charge in [0.25, 0.3) is 0 Å². The highest BCUT2D eigenvalue weighted by atomic mass is 16.6. The number of primary amides is 1. The molecule has 7 heteroatoms. The summed E-state index contributed by atoms with van der Waals surface area (Å²) in [4.78, 5) is 44.8. The minimum Gasteiger partial charge on any atom is -0.478 e. The second-order valence-electron chi connectivity index (χ2n) is 5.42. The molecule has 25 heavy (non-hydrogen) atoms. The zero-order valence-corrected chi connectivity index (χ0v) is 13.3. The van der Waals surface area contributed by atoms with E-state index in [-0.39, 0.29) is 16.7 Å². The molecule has 2 rings (SSSR count). The number of amides is 1. The number of nitrogens with two attached hydrogens (primary N) is 1. The van der Waals surface area contributed by atoms with Crippen molar-refractivity contribution in [1.82, 2.24) is 0 Å². The van der Waals surface area contributed by atoms with Crippen LogP contribution in [0.2, 0.25) is 0 Å². The number of aldehydes is 2. The molecule has 0 radical (unpaired) electrons. The van der Waals surface area contributed by atoms with Crippen LogP contribution in [0.25, 0.3) is 0 Å². The van der Waals surface area contributed by atoms with Crippen LogP contribution in [0.1, 0.15) is 49.1 Å². The van der Waals surface area contributed by atoms with Crippen molar-refractivity contribution in [3.63, 3.8) is 0 Å². The highest BCUT2D eigenvalue weighted by Gasteiger charge is 2.35. The lowest BCUT2D eigenvalue weighted by molar-refractivity contribution is 0.0584. The average molecular weight is 341 g/mol. The van der Waals surface area contributed by atoms with Crippen LogP contribution < -0.4 is 5.73 Å². The number of carboxylic acid groups (broad SMARTS) is 1. The summed E-state index contributed by atoms with van der Waals surface area (Å²) in [5.74, 6) is -1.10. The zero-order valence-electron chi connectivity index (χ0n) is 13.3. The van der Waals surface area contributed by atoms with E-state index < -0.39 is 17.7 Å². The first-order valence-corrected chi connectivity index (χ1v) is 7.19. The molecule has 0 heterocycles. The maximum atomic E-state index is 11.4. The number of carbonyl (C=O) groups excluding carboxylic acids is 3. The smallest absolute Gasteiger partial charge is 0.405 e. The van der Waals surface area contributed by atoms with Crippen LogP contribution >= 0.6 is 0 Å². The fraction of sp³-hybridized carbons (Fsp3) is 0.111. The van der Waals surface area contributed by atoms with Crippen molar-refractivity contribution in [2.24, 2.45) is 5.73 Å². The van der Waals surface area contributed by atoms with Gasteiger partial charge < -0.3 is 15.6 Å². The van der Waals surface area contributed by atoms with Gasteiger partial charge in [0, 0.05) is 16.7 Å². The van der Waals surface area contributed by atoms with Gasteiger partial charge in [-0.1, -0.05) is 24.3 Å². The van der Waals surface area contributed by atoms with E-state index in [2.05, 4.69) is 0 Å². The van der Waals surface area contributed by atoms with Gasteiger partial charge in [0.2, 0.25) is 0 Å². The molecule has 2 aromatic rings. The topological polar surface area (TPSA) is 124 Å². The number of carboxylic acids is 1. The Bertz CT molecular complexity index is 843. The minimum atomic E-state index is -1.44. The normalized spacial score (nSPS) is 12.7. The van der Waals surface area contributed by atoms with Crippen molar-refractivity contribution < 1.29 is 29.0 Å². The molecule has 7 nitrogen and oxygen atoms in total. The van der Waals surface area contributed by atoms with Gasteiger partial charge in [-0.2, -0.15) is 0 Å². The molecule has 2 aromatic carbocycles. The summed E-state index contributed by atoms with van der Waals surface area (Å²) < 4.78 is 5.27. The molecule has 0 saturated carbocycles. The van der Waals surface area contributed by atoms with Gasteiger partial charge in [-0.15, -0.1) is 0 Å². The second kappa shape index (κ2) is 6.96. The summed E-state index contributed by atoms with van der Waals surface area (Å²) >= 11 is 0. The zero-order chi connectivity index (χ0) is 18.6. The van der Waals surface area contributed by atoms with Crippen molar-refractivity contribution in [2.45, 2.75) is 12.5 Å². The number of hydrogen-bond acceptors (Lipinski definition) is 5. The standard InChI is InChI=1S/C18H15NO6/c1-18(25-17(19)24,14-5-3-12(4-6-14)16(22)23)15-7-2-11(9-20)8-13(15)10-21/h2-10H,1H3,(H2,19,24)(H,22,23). The van der Waals surface area contributed by atoms with Crippen molar-refractivity contribution in [1.29, 1.82) is 0 Å². The van der Waals surface area contributed by atoms with Gasteiger partial charge >= 0.3 is 12.1 Å². The lowest BCUT2D eigenvalue weighted by Crippen LogP contribution is -2.34. The Hall–Kier alpha value is -3.48. The SMILES string of the molecule is CC(OC(N)=O)(c1ccc(C(=O)O)cc1)c1ccc(C=O)cc1C=O. The molecule has 0 saturated heterocycles. The Morgan fingerprint density at radius 3 is 2.20 bits per heavy atom. The summed E-state index contributed by atoms with van der Waals surface area (Å²) in [6.45, 7) is 1.52. The third-order valence-corrected chi connectivity index (χ3v) is 3.84. The van der Waals surface area contributed by atoms with Gasteiger partial charge in [0.1, 0.15) is 6.29 Å². The van der Waals surface area contributed by atoms with E-state index in [0.717, 1.165) is 0 Å². The predicted octanol–water partition coefficient (Wildman–Crippen LogP) is 2.37. The molecular weight excluding hydrogens is 326 g/mol. The van der Waals surface area contributed by atoms with Gasteiger partial charge in [-0.3, -0.25) is 9.59 Å². The highest BCUT2D eigenvalue weighted by Crippen LogP contribution is 2.35. The molecule has 0 aliphatic heterocycles. The number of hydrogen-bond donors (Lipinski definition) is 2. The molecule has 0 aromatic heterocycles. The number of aromatic carboxylic acids is 1. The van der Waals surface area contributed by atoms with Crippen LogP contribution in [0.4, 0.5) is 4.79 Å². The summed E-state index contributed by atoms with van der Waals surface area (Å²) in [5.41, 5.74) is 4.95. The molecule has 0 aliphatic rings. The number of carbonyl (C=O) groups is 4. The minimum absolute atomic E-state index is 0.0529. The molecule has 1 amide bonds. The van der Waals surface area contributed by atoms with Gasteiger partial charge in [-0.05, 0) is 30.7 Å². The first-order chi connectivity index (χ1) is 11.8. The fourth-order valence-electron chi connectivity index (χ4n) is 2.59. The maximum Gasteiger partial charge on any atom is 0.405 e. The lowest BCUT2D eigenvalue weighted by Gasteiger charge is -2.31. The lowest BCUT2D eigenvalue weighted by atomic mass is 9.84. The van der Waals surface area contributed by atoms with E-state index in [1.807, 2.05) is 0 Å². The molecule has 0 bridgehead atoms. The van der Waals surface area contributed by atoms with Crippen molar-refractivity contribution >= 4 is 24.6 Å². The van der Waals surface area contributed by atoms with Gasteiger partial charge in [0.05, 0.1) is 5.56 Å². The highest BCUT2D eigenvalue weighted by molar-refractivity contribution is 5.88. The van der Waals surface area contributed by atoms with E-state index in [9.17, 15) is 19.2 Å². The van der Waals surface area contributed by atoms with E-state index >= 15 is 0 Å².